The van der Waals surface area contributed by atoms with Crippen LogP contribution in [0.4, 0.5) is 0 Å². The molecular weight excluding hydrogens is 324 g/mol. The van der Waals surface area contributed by atoms with Gasteiger partial charge in [-0.25, -0.2) is 0 Å². The molecule has 1 N–H and O–H groups in total. The van der Waals surface area contributed by atoms with Gasteiger partial charge in [-0.2, -0.15) is 0 Å². The fraction of sp³-hybridized carbons (Fsp3) is 0.211. The van der Waals surface area contributed by atoms with Crippen LogP contribution in [0.5, 0.6) is 28.7 Å². The molecule has 0 bridgehead atoms. The molecule has 6 nitrogen and oxygen atoms in total. The summed E-state index contributed by atoms with van der Waals surface area (Å²) in [5, 5.41) is 10.1. The van der Waals surface area contributed by atoms with Gasteiger partial charge in [-0.15, -0.1) is 0 Å². The van der Waals surface area contributed by atoms with Crippen LogP contribution < -0.4 is 18.9 Å². The lowest BCUT2D eigenvalue weighted by atomic mass is 10.1. The summed E-state index contributed by atoms with van der Waals surface area (Å²) in [7, 11) is 5.99. The highest BCUT2D eigenvalue weighted by atomic mass is 16.5. The lowest BCUT2D eigenvalue weighted by molar-refractivity contribution is 0.104. The molecule has 2 aromatic carbocycles. The second-order valence-corrected chi connectivity index (χ2v) is 5.03. The fourth-order valence-electron chi connectivity index (χ4n) is 2.27. The van der Waals surface area contributed by atoms with Crippen LogP contribution in [-0.2, 0) is 0 Å². The van der Waals surface area contributed by atoms with Crippen molar-refractivity contribution in [1.29, 1.82) is 0 Å². The Balaban J connectivity index is 2.32. The predicted octanol–water partition coefficient (Wildman–Crippen LogP) is 3.32. The van der Waals surface area contributed by atoms with Crippen molar-refractivity contribution >= 4 is 11.9 Å². The zero-order valence-electron chi connectivity index (χ0n) is 14.5. The van der Waals surface area contributed by atoms with Crippen molar-refractivity contribution in [2.24, 2.45) is 0 Å². The van der Waals surface area contributed by atoms with Gasteiger partial charge >= 0.3 is 0 Å². The average Bonchev–Trinajstić information content (AvgIpc) is 2.65. The van der Waals surface area contributed by atoms with E-state index in [2.05, 4.69) is 0 Å². The SMILES string of the molecule is COc1ccc(C(=O)/C=C/c2cc(OC)c(OC)cc2O)c(OC)c1. The molecule has 0 aliphatic carbocycles. The predicted molar refractivity (Wildman–Crippen MR) is 94.1 cm³/mol. The van der Waals surface area contributed by atoms with Gasteiger partial charge in [-0.05, 0) is 30.4 Å². The lowest BCUT2D eigenvalue weighted by Crippen LogP contribution is -1.99. The molecule has 0 unspecified atom stereocenters. The maximum atomic E-state index is 12.4. The van der Waals surface area contributed by atoms with E-state index in [0.717, 1.165) is 0 Å². The first-order valence-electron chi connectivity index (χ1n) is 7.43. The zero-order chi connectivity index (χ0) is 18.4. The Labute approximate surface area is 146 Å². The third-order valence-electron chi connectivity index (χ3n) is 3.62. The number of carbonyl (C=O) groups is 1. The molecule has 0 spiro atoms. The average molecular weight is 344 g/mol. The van der Waals surface area contributed by atoms with E-state index in [0.29, 0.717) is 34.1 Å². The van der Waals surface area contributed by atoms with Crippen molar-refractivity contribution in [2.45, 2.75) is 0 Å². The number of benzene rings is 2. The van der Waals surface area contributed by atoms with Crippen molar-refractivity contribution in [1.82, 2.24) is 0 Å². The molecule has 0 aliphatic rings. The Kier molecular flexibility index (Phi) is 5.89. The Morgan fingerprint density at radius 1 is 0.880 bits per heavy atom. The van der Waals surface area contributed by atoms with Gasteiger partial charge < -0.3 is 24.1 Å². The Morgan fingerprint density at radius 2 is 1.52 bits per heavy atom. The molecule has 6 heteroatoms. The molecule has 132 valence electrons. The zero-order valence-corrected chi connectivity index (χ0v) is 14.5. The quantitative estimate of drug-likeness (QED) is 0.613. The summed E-state index contributed by atoms with van der Waals surface area (Å²) in [6, 6.07) is 7.95. The Morgan fingerprint density at radius 3 is 2.12 bits per heavy atom. The molecule has 0 aliphatic heterocycles. The molecule has 0 heterocycles. The number of phenols is 1. The first-order chi connectivity index (χ1) is 12.0. The third kappa shape index (κ3) is 4.03. The number of methoxy groups -OCH3 is 4. The number of carbonyl (C=O) groups excluding carboxylic acids is 1. The molecule has 2 aromatic rings. The van der Waals surface area contributed by atoms with Gasteiger partial charge in [0.25, 0.3) is 0 Å². The van der Waals surface area contributed by atoms with Crippen molar-refractivity contribution in [3.63, 3.8) is 0 Å². The normalized spacial score (nSPS) is 10.6. The van der Waals surface area contributed by atoms with Crippen LogP contribution in [0.1, 0.15) is 15.9 Å². The summed E-state index contributed by atoms with van der Waals surface area (Å²) < 4.78 is 20.7. The number of aromatic hydroxyl groups is 1. The molecule has 0 aromatic heterocycles. The first-order valence-corrected chi connectivity index (χ1v) is 7.43. The van der Waals surface area contributed by atoms with E-state index in [9.17, 15) is 9.90 Å². The fourth-order valence-corrected chi connectivity index (χ4v) is 2.27. The van der Waals surface area contributed by atoms with E-state index in [-0.39, 0.29) is 11.5 Å². The summed E-state index contributed by atoms with van der Waals surface area (Å²) in [5.74, 6) is 1.56. The van der Waals surface area contributed by atoms with Crippen LogP contribution in [0, 0.1) is 0 Å². The monoisotopic (exact) mass is 344 g/mol. The molecular formula is C19H20O6. The summed E-state index contributed by atoms with van der Waals surface area (Å²) in [6.45, 7) is 0. The van der Waals surface area contributed by atoms with E-state index < -0.39 is 0 Å². The maximum absolute atomic E-state index is 12.4. The number of allylic oxidation sites excluding steroid dienone is 1. The topological polar surface area (TPSA) is 74.2 Å². The Hall–Kier alpha value is -3.15. The smallest absolute Gasteiger partial charge is 0.189 e. The van der Waals surface area contributed by atoms with E-state index in [1.165, 1.54) is 46.7 Å². The number of phenolic OH excluding ortho intramolecular Hbond substituents is 1. The first kappa shape index (κ1) is 18.2. The highest BCUT2D eigenvalue weighted by molar-refractivity contribution is 6.08. The van der Waals surface area contributed by atoms with Crippen molar-refractivity contribution < 1.29 is 28.8 Å². The van der Waals surface area contributed by atoms with Crippen LogP contribution in [-0.4, -0.2) is 39.3 Å². The van der Waals surface area contributed by atoms with Crippen LogP contribution in [0.25, 0.3) is 6.08 Å². The number of ether oxygens (including phenoxy) is 4. The minimum absolute atomic E-state index is 0.0246. The van der Waals surface area contributed by atoms with Gasteiger partial charge in [0.1, 0.15) is 17.2 Å². The van der Waals surface area contributed by atoms with Gasteiger partial charge in [0.2, 0.25) is 0 Å². The van der Waals surface area contributed by atoms with Crippen molar-refractivity contribution in [3.05, 3.63) is 47.5 Å². The number of ketones is 1. The second-order valence-electron chi connectivity index (χ2n) is 5.03. The highest BCUT2D eigenvalue weighted by Crippen LogP contribution is 2.34. The van der Waals surface area contributed by atoms with E-state index in [4.69, 9.17) is 18.9 Å². The van der Waals surface area contributed by atoms with Crippen molar-refractivity contribution in [2.75, 3.05) is 28.4 Å². The number of hydrogen-bond acceptors (Lipinski definition) is 6. The molecule has 0 saturated heterocycles. The Bertz CT molecular complexity index is 795. The second kappa shape index (κ2) is 8.10. The number of hydrogen-bond donors (Lipinski definition) is 1. The third-order valence-corrected chi connectivity index (χ3v) is 3.62. The van der Waals surface area contributed by atoms with Gasteiger partial charge in [0.05, 0.1) is 34.0 Å². The van der Waals surface area contributed by atoms with Gasteiger partial charge in [-0.1, -0.05) is 0 Å². The van der Waals surface area contributed by atoms with E-state index in [1.54, 1.807) is 24.3 Å². The largest absolute Gasteiger partial charge is 0.507 e. The number of rotatable bonds is 7. The van der Waals surface area contributed by atoms with E-state index in [1.807, 2.05) is 0 Å². The van der Waals surface area contributed by atoms with Crippen molar-refractivity contribution in [3.8, 4) is 28.7 Å². The minimum atomic E-state index is -0.270. The molecule has 25 heavy (non-hydrogen) atoms. The summed E-state index contributed by atoms with van der Waals surface area (Å²) in [5.41, 5.74) is 0.818. The molecule has 0 radical (unpaired) electrons. The van der Waals surface area contributed by atoms with Crippen LogP contribution in [0.2, 0.25) is 0 Å². The summed E-state index contributed by atoms with van der Waals surface area (Å²) in [6.07, 6.45) is 2.86. The van der Waals surface area contributed by atoms with Crippen LogP contribution in [0.3, 0.4) is 0 Å². The molecule has 2 rings (SSSR count). The minimum Gasteiger partial charge on any atom is -0.507 e. The van der Waals surface area contributed by atoms with E-state index >= 15 is 0 Å². The highest BCUT2D eigenvalue weighted by Gasteiger charge is 2.12. The maximum Gasteiger partial charge on any atom is 0.189 e. The molecule has 0 atom stereocenters. The molecule has 0 amide bonds. The summed E-state index contributed by atoms with van der Waals surface area (Å²) in [4.78, 5) is 12.4. The van der Waals surface area contributed by atoms with Crippen LogP contribution in [0.15, 0.2) is 36.4 Å². The molecule has 0 fully saturated rings. The van der Waals surface area contributed by atoms with Gasteiger partial charge in [-0.3, -0.25) is 4.79 Å². The van der Waals surface area contributed by atoms with Gasteiger partial charge in [0.15, 0.2) is 17.3 Å². The molecule has 0 saturated carbocycles. The van der Waals surface area contributed by atoms with Crippen LogP contribution >= 0.6 is 0 Å². The van der Waals surface area contributed by atoms with Gasteiger partial charge in [0, 0.05) is 17.7 Å². The standard InChI is InChI=1S/C19H20O6/c1-22-13-6-7-14(17(10-13)23-2)15(20)8-5-12-9-18(24-3)19(25-4)11-16(12)21/h5-11,21H,1-4H3/b8-5+. The lowest BCUT2D eigenvalue weighted by Gasteiger charge is -2.10. The summed E-state index contributed by atoms with van der Waals surface area (Å²) >= 11 is 0.